The van der Waals surface area contributed by atoms with Crippen LogP contribution in [0.1, 0.15) is 36.0 Å². The summed E-state index contributed by atoms with van der Waals surface area (Å²) >= 11 is 1.56. The molecule has 0 bridgehead atoms. The van der Waals surface area contributed by atoms with Crippen molar-refractivity contribution in [2.24, 2.45) is 0 Å². The first kappa shape index (κ1) is 16.1. The molecule has 6 heteroatoms. The number of nitrogens with one attached hydrogen (secondary N) is 1. The molecule has 0 saturated heterocycles. The van der Waals surface area contributed by atoms with E-state index in [0.717, 1.165) is 16.3 Å². The van der Waals surface area contributed by atoms with E-state index in [2.05, 4.69) is 23.6 Å². The lowest BCUT2D eigenvalue weighted by Crippen LogP contribution is -2.26. The zero-order chi connectivity index (χ0) is 15.5. The van der Waals surface area contributed by atoms with Crippen LogP contribution in [0, 0.1) is 6.92 Å². The Hall–Kier alpha value is -1.24. The molecule has 1 N–H and O–H groups in total. The average Bonchev–Trinajstić information content (AvgIpc) is 2.84. The molecular weight excluding hydrogens is 304 g/mol. The van der Waals surface area contributed by atoms with Gasteiger partial charge in [0.1, 0.15) is 0 Å². The van der Waals surface area contributed by atoms with E-state index in [1.807, 2.05) is 24.4 Å². The van der Waals surface area contributed by atoms with Crippen molar-refractivity contribution in [2.45, 2.75) is 38.0 Å². The number of aryl methyl sites for hydroxylation is 1. The van der Waals surface area contributed by atoms with Gasteiger partial charge in [-0.1, -0.05) is 26.0 Å². The van der Waals surface area contributed by atoms with Crippen LogP contribution in [0.3, 0.4) is 0 Å². The van der Waals surface area contributed by atoms with Gasteiger partial charge in [-0.05, 0) is 30.5 Å². The van der Waals surface area contributed by atoms with Gasteiger partial charge in [0.25, 0.3) is 0 Å². The molecule has 21 heavy (non-hydrogen) atoms. The lowest BCUT2D eigenvalue weighted by molar-refractivity contribution is 0.581. The molecule has 1 heterocycles. The van der Waals surface area contributed by atoms with Crippen molar-refractivity contribution >= 4 is 21.4 Å². The fourth-order valence-electron chi connectivity index (χ4n) is 1.93. The molecule has 0 spiro atoms. The first-order valence-electron chi connectivity index (χ1n) is 6.89. The molecule has 2 rings (SSSR count). The largest absolute Gasteiger partial charge is 0.247 e. The van der Waals surface area contributed by atoms with E-state index in [-0.39, 0.29) is 0 Å². The molecule has 1 aromatic carbocycles. The minimum absolute atomic E-state index is 0.308. The summed E-state index contributed by atoms with van der Waals surface area (Å²) in [5.74, 6) is 0.392. The van der Waals surface area contributed by atoms with Crippen LogP contribution in [0.5, 0.6) is 0 Å². The Labute approximate surface area is 130 Å². The third-order valence-electron chi connectivity index (χ3n) is 3.15. The molecule has 0 aliphatic rings. The lowest BCUT2D eigenvalue weighted by Gasteiger charge is -2.08. The molecule has 2 aromatic rings. The van der Waals surface area contributed by atoms with Crippen LogP contribution < -0.4 is 4.72 Å². The Morgan fingerprint density at radius 3 is 2.43 bits per heavy atom. The molecule has 0 fully saturated rings. The third kappa shape index (κ3) is 4.36. The Bertz CT molecular complexity index is 689. The maximum atomic E-state index is 12.2. The zero-order valence-electron chi connectivity index (χ0n) is 12.5. The number of thiazole rings is 1. The van der Waals surface area contributed by atoms with Crippen LogP contribution in [0.15, 0.2) is 34.5 Å². The topological polar surface area (TPSA) is 59.1 Å². The van der Waals surface area contributed by atoms with Crippen LogP contribution in [0.4, 0.5) is 0 Å². The predicted molar refractivity (Wildman–Crippen MR) is 86.3 cm³/mol. The van der Waals surface area contributed by atoms with Crippen molar-refractivity contribution in [1.82, 2.24) is 9.71 Å². The summed E-state index contributed by atoms with van der Waals surface area (Å²) in [6.45, 7) is 6.46. The molecular formula is C15H20N2O2S2. The molecule has 1 aromatic heterocycles. The molecule has 0 aliphatic heterocycles. The third-order valence-corrected chi connectivity index (χ3v) is 5.66. The Morgan fingerprint density at radius 1 is 1.24 bits per heavy atom. The molecule has 0 atom stereocenters. The van der Waals surface area contributed by atoms with Gasteiger partial charge in [0.15, 0.2) is 0 Å². The van der Waals surface area contributed by atoms with Crippen molar-refractivity contribution in [2.75, 3.05) is 6.54 Å². The van der Waals surface area contributed by atoms with Gasteiger partial charge >= 0.3 is 0 Å². The maximum Gasteiger partial charge on any atom is 0.240 e. The molecule has 114 valence electrons. The van der Waals surface area contributed by atoms with Gasteiger partial charge in [0, 0.05) is 24.0 Å². The molecule has 0 aliphatic carbocycles. The summed E-state index contributed by atoms with van der Waals surface area (Å²) in [7, 11) is -3.44. The second-order valence-electron chi connectivity index (χ2n) is 5.25. The summed E-state index contributed by atoms with van der Waals surface area (Å²) in [4.78, 5) is 4.63. The molecule has 4 nitrogen and oxygen atoms in total. The molecule has 0 amide bonds. The highest BCUT2D eigenvalue weighted by Crippen LogP contribution is 2.17. The summed E-state index contributed by atoms with van der Waals surface area (Å²) in [5.41, 5.74) is 2.11. The van der Waals surface area contributed by atoms with Crippen molar-refractivity contribution in [3.05, 3.63) is 45.9 Å². The van der Waals surface area contributed by atoms with Gasteiger partial charge in [0.05, 0.1) is 9.90 Å². The first-order valence-corrected chi connectivity index (χ1v) is 9.25. The molecule has 0 radical (unpaired) electrons. The number of aromatic nitrogens is 1. The summed E-state index contributed by atoms with van der Waals surface area (Å²) in [6, 6.07) is 7.04. The minimum Gasteiger partial charge on any atom is -0.247 e. The predicted octanol–water partition coefficient (Wildman–Crippen LogP) is 3.10. The van der Waals surface area contributed by atoms with Gasteiger partial charge in [-0.2, -0.15) is 0 Å². The van der Waals surface area contributed by atoms with E-state index in [1.54, 1.807) is 23.5 Å². The zero-order valence-corrected chi connectivity index (χ0v) is 14.1. The van der Waals surface area contributed by atoms with Crippen LogP contribution in [-0.4, -0.2) is 19.9 Å². The Morgan fingerprint density at radius 2 is 1.90 bits per heavy atom. The van der Waals surface area contributed by atoms with Crippen LogP contribution in [-0.2, 0) is 16.4 Å². The first-order chi connectivity index (χ1) is 9.88. The van der Waals surface area contributed by atoms with Crippen LogP contribution >= 0.6 is 11.3 Å². The van der Waals surface area contributed by atoms with Gasteiger partial charge < -0.3 is 0 Å². The summed E-state index contributed by atoms with van der Waals surface area (Å²) < 4.78 is 27.0. The second kappa shape index (κ2) is 6.68. The minimum atomic E-state index is -3.44. The second-order valence-corrected chi connectivity index (χ2v) is 7.96. The van der Waals surface area contributed by atoms with E-state index in [0.29, 0.717) is 23.8 Å². The number of sulfonamides is 1. The van der Waals surface area contributed by atoms with E-state index in [4.69, 9.17) is 0 Å². The quantitative estimate of drug-likeness (QED) is 0.888. The van der Waals surface area contributed by atoms with Gasteiger partial charge in [-0.15, -0.1) is 11.3 Å². The number of nitrogens with zero attached hydrogens (tertiary/aromatic N) is 1. The van der Waals surface area contributed by atoms with Crippen LogP contribution in [0.25, 0.3) is 0 Å². The average molecular weight is 324 g/mol. The van der Waals surface area contributed by atoms with E-state index >= 15 is 0 Å². The SMILES string of the molecule is Cc1csc(CCNS(=O)(=O)c2ccc(C(C)C)cc2)n1. The van der Waals surface area contributed by atoms with E-state index in [9.17, 15) is 8.42 Å². The lowest BCUT2D eigenvalue weighted by atomic mass is 10.0. The van der Waals surface area contributed by atoms with E-state index in [1.165, 1.54) is 0 Å². The Balaban J connectivity index is 1.97. The van der Waals surface area contributed by atoms with Crippen molar-refractivity contribution in [1.29, 1.82) is 0 Å². The van der Waals surface area contributed by atoms with Crippen molar-refractivity contribution in [3.63, 3.8) is 0 Å². The maximum absolute atomic E-state index is 12.2. The van der Waals surface area contributed by atoms with Gasteiger partial charge in [-0.25, -0.2) is 18.1 Å². The highest BCUT2D eigenvalue weighted by molar-refractivity contribution is 7.89. The smallest absolute Gasteiger partial charge is 0.240 e. The monoisotopic (exact) mass is 324 g/mol. The molecule has 0 unspecified atom stereocenters. The van der Waals surface area contributed by atoms with Gasteiger partial charge in [-0.3, -0.25) is 0 Å². The number of rotatable bonds is 6. The number of benzene rings is 1. The molecule has 0 saturated carbocycles. The van der Waals surface area contributed by atoms with Gasteiger partial charge in [0.2, 0.25) is 10.0 Å². The van der Waals surface area contributed by atoms with Crippen LogP contribution in [0.2, 0.25) is 0 Å². The number of hydrogen-bond donors (Lipinski definition) is 1. The summed E-state index contributed by atoms with van der Waals surface area (Å²) in [5, 5.41) is 2.92. The fraction of sp³-hybridized carbons (Fsp3) is 0.400. The highest BCUT2D eigenvalue weighted by atomic mass is 32.2. The highest BCUT2D eigenvalue weighted by Gasteiger charge is 2.14. The number of hydrogen-bond acceptors (Lipinski definition) is 4. The normalized spacial score (nSPS) is 12.0. The fourth-order valence-corrected chi connectivity index (χ4v) is 3.73. The Kier molecular flexibility index (Phi) is 5.13. The van der Waals surface area contributed by atoms with Crippen molar-refractivity contribution in [3.8, 4) is 0 Å². The van der Waals surface area contributed by atoms with E-state index < -0.39 is 10.0 Å². The van der Waals surface area contributed by atoms with Crippen molar-refractivity contribution < 1.29 is 8.42 Å². The standard InChI is InChI=1S/C15H20N2O2S2/c1-11(2)13-4-6-14(7-5-13)21(18,19)16-9-8-15-17-12(3)10-20-15/h4-7,10-11,16H,8-9H2,1-3H3. The summed E-state index contributed by atoms with van der Waals surface area (Å²) in [6.07, 6.45) is 0.613.